The molecule has 2 N–H and O–H groups in total. The van der Waals surface area contributed by atoms with Crippen molar-refractivity contribution in [2.75, 3.05) is 6.54 Å². The Kier molecular flexibility index (Phi) is 6.56. The third kappa shape index (κ3) is 5.87. The summed E-state index contributed by atoms with van der Waals surface area (Å²) in [6, 6.07) is 1.80. The van der Waals surface area contributed by atoms with Crippen LogP contribution in [0, 0.1) is 11.8 Å². The van der Waals surface area contributed by atoms with Crippen LogP contribution in [0.15, 0.2) is 16.8 Å². The van der Waals surface area contributed by atoms with Crippen LogP contribution in [0.2, 0.25) is 0 Å². The van der Waals surface area contributed by atoms with Gasteiger partial charge in [0, 0.05) is 23.9 Å². The lowest BCUT2D eigenvalue weighted by Crippen LogP contribution is -2.26. The zero-order valence-corrected chi connectivity index (χ0v) is 12.2. The predicted octanol–water partition coefficient (Wildman–Crippen LogP) is 3.01. The van der Waals surface area contributed by atoms with E-state index in [0.29, 0.717) is 30.4 Å². The van der Waals surface area contributed by atoms with Gasteiger partial charge >= 0.3 is 5.97 Å². The van der Waals surface area contributed by atoms with Crippen LogP contribution >= 0.6 is 11.3 Å². The quantitative estimate of drug-likeness (QED) is 0.770. The van der Waals surface area contributed by atoms with Crippen LogP contribution in [0.25, 0.3) is 0 Å². The summed E-state index contributed by atoms with van der Waals surface area (Å²) in [7, 11) is 0. The second kappa shape index (κ2) is 7.94. The minimum Gasteiger partial charge on any atom is -0.481 e. The van der Waals surface area contributed by atoms with Crippen molar-refractivity contribution in [3.63, 3.8) is 0 Å². The second-order valence-corrected chi connectivity index (χ2v) is 5.77. The highest BCUT2D eigenvalue weighted by Crippen LogP contribution is 2.20. The first-order valence-electron chi connectivity index (χ1n) is 6.53. The van der Waals surface area contributed by atoms with Gasteiger partial charge in [-0.25, -0.2) is 0 Å². The normalized spacial score (nSPS) is 12.4. The maximum atomic E-state index is 11.7. The first-order chi connectivity index (χ1) is 9.00. The van der Waals surface area contributed by atoms with E-state index in [-0.39, 0.29) is 12.3 Å². The molecular weight excluding hydrogens is 262 g/mol. The smallest absolute Gasteiger partial charge is 0.303 e. The molecule has 1 aromatic heterocycles. The minimum absolute atomic E-state index is 0.0537. The van der Waals surface area contributed by atoms with Gasteiger partial charge in [-0.1, -0.05) is 13.8 Å². The van der Waals surface area contributed by atoms with Crippen molar-refractivity contribution < 1.29 is 14.7 Å². The number of nitrogens with one attached hydrogen (secondary N) is 1. The summed E-state index contributed by atoms with van der Waals surface area (Å²) in [5.41, 5.74) is 0.691. The van der Waals surface area contributed by atoms with Gasteiger partial charge in [-0.3, -0.25) is 9.59 Å². The molecule has 1 rings (SSSR count). The zero-order valence-electron chi connectivity index (χ0n) is 11.4. The fourth-order valence-corrected chi connectivity index (χ4v) is 2.62. The molecule has 19 heavy (non-hydrogen) atoms. The Morgan fingerprint density at radius 3 is 2.63 bits per heavy atom. The van der Waals surface area contributed by atoms with E-state index in [2.05, 4.69) is 19.2 Å². The van der Waals surface area contributed by atoms with E-state index in [1.54, 1.807) is 6.07 Å². The van der Waals surface area contributed by atoms with Gasteiger partial charge in [0.15, 0.2) is 0 Å². The molecule has 0 fully saturated rings. The van der Waals surface area contributed by atoms with Gasteiger partial charge in [0.2, 0.25) is 0 Å². The third-order valence-electron chi connectivity index (χ3n) is 3.26. The van der Waals surface area contributed by atoms with Crippen LogP contribution in [0.1, 0.15) is 43.5 Å². The van der Waals surface area contributed by atoms with Gasteiger partial charge in [0.1, 0.15) is 0 Å². The molecule has 4 nitrogen and oxygen atoms in total. The first-order valence-corrected chi connectivity index (χ1v) is 7.47. The maximum Gasteiger partial charge on any atom is 0.303 e. The highest BCUT2D eigenvalue weighted by Gasteiger charge is 2.15. The van der Waals surface area contributed by atoms with Crippen molar-refractivity contribution >= 4 is 23.2 Å². The molecule has 0 aliphatic rings. The average Bonchev–Trinajstić information content (AvgIpc) is 2.86. The standard InChI is InChI=1S/C14H21NO3S/c1-10(2)11(3-4-13(16)17)5-7-15-14(18)12-6-8-19-9-12/h6,8-11H,3-5,7H2,1-2H3,(H,15,18)(H,16,17). The number of carbonyl (C=O) groups is 2. The van der Waals surface area contributed by atoms with E-state index < -0.39 is 5.97 Å². The minimum atomic E-state index is -0.757. The maximum absolute atomic E-state index is 11.7. The summed E-state index contributed by atoms with van der Waals surface area (Å²) < 4.78 is 0. The van der Waals surface area contributed by atoms with Crippen LogP contribution in [0.5, 0.6) is 0 Å². The van der Waals surface area contributed by atoms with Crippen LogP contribution in [0.3, 0.4) is 0 Å². The second-order valence-electron chi connectivity index (χ2n) is 4.99. The van der Waals surface area contributed by atoms with E-state index in [4.69, 9.17) is 5.11 Å². The number of carboxylic acid groups (broad SMARTS) is 1. The molecular formula is C14H21NO3S. The molecule has 0 saturated carbocycles. The topological polar surface area (TPSA) is 66.4 Å². The summed E-state index contributed by atoms with van der Waals surface area (Å²) in [5.74, 6) is -0.0498. The van der Waals surface area contributed by atoms with Crippen LogP contribution in [0.4, 0.5) is 0 Å². The molecule has 0 radical (unpaired) electrons. The van der Waals surface area contributed by atoms with Gasteiger partial charge in [-0.15, -0.1) is 0 Å². The molecule has 1 amide bonds. The van der Waals surface area contributed by atoms with Crippen LogP contribution < -0.4 is 5.32 Å². The highest BCUT2D eigenvalue weighted by molar-refractivity contribution is 7.08. The number of hydrogen-bond acceptors (Lipinski definition) is 3. The van der Waals surface area contributed by atoms with Crippen molar-refractivity contribution in [3.8, 4) is 0 Å². The molecule has 1 aromatic rings. The van der Waals surface area contributed by atoms with Crippen molar-refractivity contribution in [1.82, 2.24) is 5.32 Å². The van der Waals surface area contributed by atoms with Crippen molar-refractivity contribution in [2.45, 2.75) is 33.1 Å². The number of amides is 1. The van der Waals surface area contributed by atoms with E-state index in [0.717, 1.165) is 6.42 Å². The molecule has 0 saturated heterocycles. The third-order valence-corrected chi connectivity index (χ3v) is 3.94. The fourth-order valence-electron chi connectivity index (χ4n) is 1.99. The molecule has 1 unspecified atom stereocenters. The SMILES string of the molecule is CC(C)C(CCNC(=O)c1ccsc1)CCC(=O)O. The van der Waals surface area contributed by atoms with Gasteiger partial charge in [0.25, 0.3) is 5.91 Å². The first kappa shape index (κ1) is 15.7. The average molecular weight is 283 g/mol. The van der Waals surface area contributed by atoms with Gasteiger partial charge in [-0.2, -0.15) is 11.3 Å². The Hall–Kier alpha value is -1.36. The molecule has 106 valence electrons. The van der Waals surface area contributed by atoms with E-state index in [1.165, 1.54) is 11.3 Å². The molecule has 0 aliphatic carbocycles. The Labute approximate surface area is 117 Å². The molecule has 0 aliphatic heterocycles. The van der Waals surface area contributed by atoms with Gasteiger partial charge < -0.3 is 10.4 Å². The monoisotopic (exact) mass is 283 g/mol. The van der Waals surface area contributed by atoms with Gasteiger partial charge in [-0.05, 0) is 36.1 Å². The summed E-state index contributed by atoms with van der Waals surface area (Å²) in [4.78, 5) is 22.3. The Morgan fingerprint density at radius 1 is 1.37 bits per heavy atom. The summed E-state index contributed by atoms with van der Waals surface area (Å²) in [6.07, 6.45) is 1.68. The van der Waals surface area contributed by atoms with Crippen molar-refractivity contribution in [2.24, 2.45) is 11.8 Å². The van der Waals surface area contributed by atoms with Crippen molar-refractivity contribution in [3.05, 3.63) is 22.4 Å². The summed E-state index contributed by atoms with van der Waals surface area (Å²) in [5, 5.41) is 15.3. The highest BCUT2D eigenvalue weighted by atomic mass is 32.1. The molecule has 0 bridgehead atoms. The molecule has 1 atom stereocenters. The predicted molar refractivity (Wildman–Crippen MR) is 76.5 cm³/mol. The summed E-state index contributed by atoms with van der Waals surface area (Å²) >= 11 is 1.50. The van der Waals surface area contributed by atoms with E-state index in [9.17, 15) is 9.59 Å². The Bertz CT molecular complexity index is 401. The number of thiophene rings is 1. The number of carboxylic acids is 1. The van der Waals surface area contributed by atoms with E-state index >= 15 is 0 Å². The number of aliphatic carboxylic acids is 1. The Morgan fingerprint density at radius 2 is 2.11 bits per heavy atom. The lowest BCUT2D eigenvalue weighted by Gasteiger charge is -2.20. The van der Waals surface area contributed by atoms with E-state index in [1.807, 2.05) is 10.8 Å². The molecule has 0 spiro atoms. The van der Waals surface area contributed by atoms with Crippen LogP contribution in [-0.4, -0.2) is 23.5 Å². The molecule has 5 heteroatoms. The molecule has 1 heterocycles. The lowest BCUT2D eigenvalue weighted by molar-refractivity contribution is -0.137. The zero-order chi connectivity index (χ0) is 14.3. The van der Waals surface area contributed by atoms with Gasteiger partial charge in [0.05, 0.1) is 0 Å². The lowest BCUT2D eigenvalue weighted by atomic mass is 9.88. The fraction of sp³-hybridized carbons (Fsp3) is 0.571. The Balaban J connectivity index is 2.32. The summed E-state index contributed by atoms with van der Waals surface area (Å²) in [6.45, 7) is 4.78. The number of hydrogen-bond donors (Lipinski definition) is 2. The number of rotatable bonds is 8. The van der Waals surface area contributed by atoms with Crippen molar-refractivity contribution in [1.29, 1.82) is 0 Å². The number of carbonyl (C=O) groups excluding carboxylic acids is 1. The van der Waals surface area contributed by atoms with Crippen LogP contribution in [-0.2, 0) is 4.79 Å². The largest absolute Gasteiger partial charge is 0.481 e. The molecule has 0 aromatic carbocycles.